The summed E-state index contributed by atoms with van der Waals surface area (Å²) in [5.74, 6) is -0.0924. The van der Waals surface area contributed by atoms with E-state index in [1.807, 2.05) is 16.8 Å². The standard InChI is InChI=1S/C27H29N5O3S/c1-17(2)32-24(27(34-3)15-35-16-27)13-26(30-32)36-31-25(33)12-23-21-6-4-5-18(21)7-8-22(23)19-9-10-29-20(11-19)14-28/h7-11,13,17H,4-6,12,15-16H2,1-3H3,(H,31,33). The molecule has 1 aliphatic heterocycles. The second-order valence-electron chi connectivity index (χ2n) is 9.53. The number of methoxy groups -OCH3 is 1. The quantitative estimate of drug-likeness (QED) is 0.461. The van der Waals surface area contributed by atoms with Gasteiger partial charge in [-0.05, 0) is 79.1 Å². The van der Waals surface area contributed by atoms with Crippen LogP contribution in [-0.4, -0.2) is 41.0 Å². The third-order valence-corrected chi connectivity index (χ3v) is 7.66. The summed E-state index contributed by atoms with van der Waals surface area (Å²) < 4.78 is 16.1. The molecule has 1 saturated heterocycles. The van der Waals surface area contributed by atoms with Crippen molar-refractivity contribution in [1.82, 2.24) is 19.5 Å². The Balaban J connectivity index is 1.37. The Labute approximate surface area is 215 Å². The molecule has 0 bridgehead atoms. The van der Waals surface area contributed by atoms with Gasteiger partial charge in [0.05, 0.1) is 25.3 Å². The van der Waals surface area contributed by atoms with Crippen LogP contribution in [0.5, 0.6) is 0 Å². The van der Waals surface area contributed by atoms with Gasteiger partial charge in [-0.1, -0.05) is 12.1 Å². The molecule has 0 saturated carbocycles. The van der Waals surface area contributed by atoms with Gasteiger partial charge >= 0.3 is 0 Å². The summed E-state index contributed by atoms with van der Waals surface area (Å²) in [6.07, 6.45) is 4.96. The maximum absolute atomic E-state index is 13.2. The van der Waals surface area contributed by atoms with Crippen LogP contribution in [0.3, 0.4) is 0 Å². The number of pyridine rings is 1. The lowest BCUT2D eigenvalue weighted by molar-refractivity contribution is -0.206. The second-order valence-corrected chi connectivity index (χ2v) is 10.4. The van der Waals surface area contributed by atoms with Gasteiger partial charge in [-0.2, -0.15) is 10.4 Å². The Morgan fingerprint density at radius 3 is 2.83 bits per heavy atom. The van der Waals surface area contributed by atoms with Crippen molar-refractivity contribution in [1.29, 1.82) is 5.26 Å². The number of amides is 1. The summed E-state index contributed by atoms with van der Waals surface area (Å²) in [7, 11) is 1.69. The molecule has 186 valence electrons. The van der Waals surface area contributed by atoms with Crippen molar-refractivity contribution in [2.24, 2.45) is 0 Å². The van der Waals surface area contributed by atoms with Crippen LogP contribution in [0.1, 0.15) is 54.4 Å². The molecule has 3 heterocycles. The minimum Gasteiger partial charge on any atom is -0.374 e. The summed E-state index contributed by atoms with van der Waals surface area (Å²) in [5.41, 5.74) is 6.28. The highest BCUT2D eigenvalue weighted by molar-refractivity contribution is 7.97. The zero-order valence-electron chi connectivity index (χ0n) is 20.7. The molecule has 2 aliphatic rings. The lowest BCUT2D eigenvalue weighted by atomic mass is 9.91. The van der Waals surface area contributed by atoms with Crippen molar-refractivity contribution in [3.8, 4) is 17.2 Å². The lowest BCUT2D eigenvalue weighted by Gasteiger charge is -2.40. The van der Waals surface area contributed by atoms with E-state index in [9.17, 15) is 10.1 Å². The van der Waals surface area contributed by atoms with Gasteiger partial charge in [-0.15, -0.1) is 0 Å². The predicted molar refractivity (Wildman–Crippen MR) is 136 cm³/mol. The van der Waals surface area contributed by atoms with Crippen LogP contribution in [0, 0.1) is 11.3 Å². The van der Waals surface area contributed by atoms with Crippen LogP contribution in [0.2, 0.25) is 0 Å². The van der Waals surface area contributed by atoms with E-state index in [-0.39, 0.29) is 18.4 Å². The molecule has 1 amide bonds. The first-order valence-electron chi connectivity index (χ1n) is 12.1. The van der Waals surface area contributed by atoms with Crippen molar-refractivity contribution in [2.75, 3.05) is 20.3 Å². The van der Waals surface area contributed by atoms with E-state index in [1.165, 1.54) is 23.1 Å². The van der Waals surface area contributed by atoms with Crippen molar-refractivity contribution in [2.45, 2.75) is 56.2 Å². The number of ether oxygens (including phenoxy) is 2. The molecule has 3 aromatic rings. The van der Waals surface area contributed by atoms with Crippen molar-refractivity contribution in [3.05, 3.63) is 64.6 Å². The van der Waals surface area contributed by atoms with Crippen LogP contribution < -0.4 is 4.72 Å². The van der Waals surface area contributed by atoms with Gasteiger partial charge in [0.25, 0.3) is 0 Å². The van der Waals surface area contributed by atoms with Crippen LogP contribution >= 0.6 is 11.9 Å². The Bertz CT molecular complexity index is 1330. The van der Waals surface area contributed by atoms with E-state index in [4.69, 9.17) is 14.6 Å². The number of rotatable bonds is 8. The number of nitrogens with zero attached hydrogens (tertiary/aromatic N) is 4. The van der Waals surface area contributed by atoms with Crippen molar-refractivity contribution in [3.63, 3.8) is 0 Å². The van der Waals surface area contributed by atoms with Gasteiger partial charge in [-0.25, -0.2) is 4.98 Å². The van der Waals surface area contributed by atoms with E-state index in [0.29, 0.717) is 23.9 Å². The van der Waals surface area contributed by atoms with E-state index in [0.717, 1.165) is 41.6 Å². The van der Waals surface area contributed by atoms with Gasteiger partial charge in [-0.3, -0.25) is 14.2 Å². The molecule has 1 N–H and O–H groups in total. The number of carbonyl (C=O) groups is 1. The maximum atomic E-state index is 13.2. The number of aryl methyl sites for hydroxylation is 1. The number of carbonyl (C=O) groups excluding carboxylic acids is 1. The fraction of sp³-hybridized carbons (Fsp3) is 0.407. The van der Waals surface area contributed by atoms with Gasteiger partial charge in [0.1, 0.15) is 16.8 Å². The molecule has 1 aromatic carbocycles. The lowest BCUT2D eigenvalue weighted by Crippen LogP contribution is -2.49. The first-order valence-corrected chi connectivity index (χ1v) is 12.9. The maximum Gasteiger partial charge on any atom is 0.234 e. The minimum atomic E-state index is -0.494. The average Bonchev–Trinajstić information content (AvgIpc) is 3.51. The molecular formula is C27H29N5O3S. The fourth-order valence-electron chi connectivity index (χ4n) is 4.99. The van der Waals surface area contributed by atoms with Gasteiger partial charge in [0.2, 0.25) is 5.91 Å². The minimum absolute atomic E-state index is 0.0924. The largest absolute Gasteiger partial charge is 0.374 e. The average molecular weight is 504 g/mol. The molecule has 5 rings (SSSR count). The number of fused-ring (bicyclic) bond motifs is 1. The molecule has 0 unspecified atom stereocenters. The summed E-state index contributed by atoms with van der Waals surface area (Å²) in [6.45, 7) is 5.12. The van der Waals surface area contributed by atoms with Crippen LogP contribution in [0.25, 0.3) is 11.1 Å². The molecule has 0 radical (unpaired) electrons. The second kappa shape index (κ2) is 10.1. The third kappa shape index (κ3) is 4.52. The highest BCUT2D eigenvalue weighted by Gasteiger charge is 2.44. The molecule has 1 aliphatic carbocycles. The van der Waals surface area contributed by atoms with Crippen LogP contribution in [-0.2, 0) is 39.1 Å². The monoisotopic (exact) mass is 503 g/mol. The highest BCUT2D eigenvalue weighted by Crippen LogP contribution is 2.37. The van der Waals surface area contributed by atoms with E-state index >= 15 is 0 Å². The zero-order valence-corrected chi connectivity index (χ0v) is 21.5. The molecular weight excluding hydrogens is 474 g/mol. The van der Waals surface area contributed by atoms with Crippen LogP contribution in [0.15, 0.2) is 41.6 Å². The Hall–Kier alpha value is -3.19. The fourth-order valence-corrected chi connectivity index (χ4v) is 5.58. The van der Waals surface area contributed by atoms with E-state index < -0.39 is 5.60 Å². The Morgan fingerprint density at radius 2 is 2.14 bits per heavy atom. The Morgan fingerprint density at radius 1 is 1.31 bits per heavy atom. The smallest absolute Gasteiger partial charge is 0.234 e. The summed E-state index contributed by atoms with van der Waals surface area (Å²) in [6, 6.07) is 12.1. The third-order valence-electron chi connectivity index (χ3n) is 6.92. The van der Waals surface area contributed by atoms with E-state index in [1.54, 1.807) is 19.4 Å². The number of benzene rings is 1. The molecule has 9 heteroatoms. The molecule has 2 aromatic heterocycles. The molecule has 36 heavy (non-hydrogen) atoms. The summed E-state index contributed by atoms with van der Waals surface area (Å²) in [4.78, 5) is 17.3. The summed E-state index contributed by atoms with van der Waals surface area (Å²) >= 11 is 1.22. The van der Waals surface area contributed by atoms with Gasteiger partial charge in [0.15, 0.2) is 5.60 Å². The number of nitriles is 1. The topological polar surface area (TPSA) is 102 Å². The van der Waals surface area contributed by atoms with Crippen molar-refractivity contribution >= 4 is 17.9 Å². The number of hydrogen-bond donors (Lipinski definition) is 1. The molecule has 8 nitrogen and oxygen atoms in total. The van der Waals surface area contributed by atoms with Crippen molar-refractivity contribution < 1.29 is 14.3 Å². The molecule has 0 atom stereocenters. The van der Waals surface area contributed by atoms with Gasteiger partial charge in [0, 0.05) is 31.3 Å². The number of hydrogen-bond acceptors (Lipinski definition) is 7. The Kier molecular flexibility index (Phi) is 6.84. The van der Waals surface area contributed by atoms with Gasteiger partial charge < -0.3 is 9.47 Å². The first-order chi connectivity index (χ1) is 17.4. The molecule has 0 spiro atoms. The zero-order chi connectivity index (χ0) is 25.3. The summed E-state index contributed by atoms with van der Waals surface area (Å²) in [5, 5.41) is 14.7. The first kappa shape index (κ1) is 24.5. The van der Waals surface area contributed by atoms with Crippen LogP contribution in [0.4, 0.5) is 0 Å². The predicted octanol–water partition coefficient (Wildman–Crippen LogP) is 4.12. The SMILES string of the molecule is COC1(c2cc(SNC(=O)Cc3c(-c4ccnc(C#N)c4)ccc4c3CCC4)nn2C(C)C)COC1. The number of nitrogens with one attached hydrogen (secondary N) is 1. The van der Waals surface area contributed by atoms with E-state index in [2.05, 4.69) is 41.8 Å². The number of aromatic nitrogens is 3. The molecule has 1 fully saturated rings. The normalized spacial score (nSPS) is 15.9. The highest BCUT2D eigenvalue weighted by atomic mass is 32.2.